The standard InChI is InChI=1S/C12H11BrN2S/c13-4-5-15-9-16-8-12(15)11-3-1-2-10(6-11)7-14/h1-3,6,8H,4-5,9H2. The highest BCUT2D eigenvalue weighted by Gasteiger charge is 2.16. The lowest BCUT2D eigenvalue weighted by Gasteiger charge is -2.20. The van der Waals surface area contributed by atoms with Gasteiger partial charge >= 0.3 is 0 Å². The molecule has 0 N–H and O–H groups in total. The molecule has 1 aromatic rings. The van der Waals surface area contributed by atoms with Crippen molar-refractivity contribution in [1.29, 1.82) is 5.26 Å². The van der Waals surface area contributed by atoms with Crippen molar-refractivity contribution >= 4 is 33.4 Å². The quantitative estimate of drug-likeness (QED) is 0.801. The first-order valence-corrected chi connectivity index (χ1v) is 7.15. The molecule has 0 radical (unpaired) electrons. The van der Waals surface area contributed by atoms with Gasteiger partial charge in [0.1, 0.15) is 0 Å². The number of rotatable bonds is 3. The monoisotopic (exact) mass is 294 g/mol. The number of hydrogen-bond acceptors (Lipinski definition) is 3. The fraction of sp³-hybridized carbons (Fsp3) is 0.250. The van der Waals surface area contributed by atoms with Gasteiger partial charge in [-0.1, -0.05) is 28.1 Å². The summed E-state index contributed by atoms with van der Waals surface area (Å²) >= 11 is 5.26. The summed E-state index contributed by atoms with van der Waals surface area (Å²) in [6.07, 6.45) is 0. The summed E-state index contributed by atoms with van der Waals surface area (Å²) in [4.78, 5) is 2.32. The van der Waals surface area contributed by atoms with Crippen LogP contribution in [0, 0.1) is 11.3 Å². The number of halogens is 1. The van der Waals surface area contributed by atoms with Gasteiger partial charge in [0, 0.05) is 11.9 Å². The van der Waals surface area contributed by atoms with Crippen molar-refractivity contribution in [3.63, 3.8) is 0 Å². The van der Waals surface area contributed by atoms with Gasteiger partial charge in [-0.3, -0.25) is 0 Å². The summed E-state index contributed by atoms with van der Waals surface area (Å²) in [7, 11) is 0. The third kappa shape index (κ3) is 2.42. The van der Waals surface area contributed by atoms with Crippen LogP contribution in [0.4, 0.5) is 0 Å². The van der Waals surface area contributed by atoms with E-state index in [4.69, 9.17) is 5.26 Å². The molecule has 2 rings (SSSR count). The molecular formula is C12H11BrN2S. The molecule has 4 heteroatoms. The van der Waals surface area contributed by atoms with Crippen LogP contribution in [-0.2, 0) is 0 Å². The summed E-state index contributed by atoms with van der Waals surface area (Å²) in [5.74, 6) is 0.998. The molecule has 1 aliphatic rings. The predicted octanol–water partition coefficient (Wildman–Crippen LogP) is 3.26. The maximum absolute atomic E-state index is 8.88. The molecule has 0 fully saturated rings. The zero-order chi connectivity index (χ0) is 11.4. The number of thioether (sulfide) groups is 1. The van der Waals surface area contributed by atoms with Gasteiger partial charge in [0.05, 0.1) is 23.2 Å². The molecule has 0 unspecified atom stereocenters. The fourth-order valence-corrected chi connectivity index (χ4v) is 3.03. The molecule has 82 valence electrons. The smallest absolute Gasteiger partial charge is 0.0991 e. The molecule has 0 aromatic heterocycles. The van der Waals surface area contributed by atoms with Crippen LogP contribution in [-0.4, -0.2) is 22.7 Å². The lowest BCUT2D eigenvalue weighted by molar-refractivity contribution is 0.503. The Morgan fingerprint density at radius 3 is 3.12 bits per heavy atom. The number of nitriles is 1. The highest BCUT2D eigenvalue weighted by molar-refractivity contribution is 9.09. The molecule has 0 spiro atoms. The summed E-state index contributed by atoms with van der Waals surface area (Å²) < 4.78 is 0. The van der Waals surface area contributed by atoms with Crippen molar-refractivity contribution in [3.05, 3.63) is 40.8 Å². The molecule has 1 heterocycles. The van der Waals surface area contributed by atoms with E-state index in [1.54, 1.807) is 11.8 Å². The minimum absolute atomic E-state index is 0.717. The Morgan fingerprint density at radius 2 is 2.38 bits per heavy atom. The fourth-order valence-electron chi connectivity index (χ4n) is 1.64. The first kappa shape index (κ1) is 11.6. The van der Waals surface area contributed by atoms with Crippen molar-refractivity contribution < 1.29 is 0 Å². The molecule has 0 saturated carbocycles. The van der Waals surface area contributed by atoms with Gasteiger partial charge in [-0.15, -0.1) is 11.8 Å². The number of hydrogen-bond donors (Lipinski definition) is 0. The average Bonchev–Trinajstić information content (AvgIpc) is 2.78. The molecule has 0 atom stereocenters. The van der Waals surface area contributed by atoms with Crippen LogP contribution < -0.4 is 0 Å². The predicted molar refractivity (Wildman–Crippen MR) is 72.1 cm³/mol. The van der Waals surface area contributed by atoms with Gasteiger partial charge in [-0.05, 0) is 23.1 Å². The first-order chi connectivity index (χ1) is 7.85. The van der Waals surface area contributed by atoms with Crippen LogP contribution in [0.5, 0.6) is 0 Å². The molecule has 0 saturated heterocycles. The van der Waals surface area contributed by atoms with Crippen molar-refractivity contribution in [2.45, 2.75) is 0 Å². The highest BCUT2D eigenvalue weighted by Crippen LogP contribution is 2.31. The minimum atomic E-state index is 0.717. The molecule has 0 amide bonds. The Kier molecular flexibility index (Phi) is 3.92. The molecule has 1 aliphatic heterocycles. The number of alkyl halides is 1. The summed E-state index contributed by atoms with van der Waals surface area (Å²) in [5.41, 5.74) is 3.07. The van der Waals surface area contributed by atoms with E-state index in [0.29, 0.717) is 5.56 Å². The van der Waals surface area contributed by atoms with E-state index in [1.165, 1.54) is 5.70 Å². The Bertz CT molecular complexity index is 451. The normalized spacial score (nSPS) is 14.8. The third-order valence-electron chi connectivity index (χ3n) is 2.41. The van der Waals surface area contributed by atoms with Gasteiger partial charge in [0.2, 0.25) is 0 Å². The Hall–Kier alpha value is -0.920. The third-order valence-corrected chi connectivity index (χ3v) is 3.61. The van der Waals surface area contributed by atoms with Crippen LogP contribution >= 0.6 is 27.7 Å². The van der Waals surface area contributed by atoms with Crippen LogP contribution in [0.25, 0.3) is 5.70 Å². The summed E-state index contributed by atoms with van der Waals surface area (Å²) in [6.45, 7) is 0.996. The van der Waals surface area contributed by atoms with Gasteiger partial charge < -0.3 is 4.90 Å². The second-order valence-corrected chi connectivity index (χ2v) is 5.06. The largest absolute Gasteiger partial charge is 0.360 e. The van der Waals surface area contributed by atoms with Crippen LogP contribution in [0.15, 0.2) is 29.7 Å². The first-order valence-electron chi connectivity index (χ1n) is 4.98. The van der Waals surface area contributed by atoms with Crippen LogP contribution in [0.3, 0.4) is 0 Å². The maximum Gasteiger partial charge on any atom is 0.0991 e. The van der Waals surface area contributed by atoms with E-state index in [2.05, 4.69) is 38.4 Å². The van der Waals surface area contributed by atoms with E-state index in [1.807, 2.05) is 18.2 Å². The van der Waals surface area contributed by atoms with E-state index in [0.717, 1.165) is 23.3 Å². The maximum atomic E-state index is 8.88. The Labute approximate surface area is 108 Å². The average molecular weight is 295 g/mol. The van der Waals surface area contributed by atoms with Crippen LogP contribution in [0.1, 0.15) is 11.1 Å². The molecule has 0 bridgehead atoms. The van der Waals surface area contributed by atoms with Gasteiger partial charge in [-0.2, -0.15) is 5.26 Å². The van der Waals surface area contributed by atoms with Crippen molar-refractivity contribution in [2.75, 3.05) is 17.8 Å². The molecule has 0 aliphatic carbocycles. The Morgan fingerprint density at radius 1 is 1.50 bits per heavy atom. The highest BCUT2D eigenvalue weighted by atomic mass is 79.9. The van der Waals surface area contributed by atoms with E-state index in [9.17, 15) is 0 Å². The molecule has 2 nitrogen and oxygen atoms in total. The minimum Gasteiger partial charge on any atom is -0.360 e. The summed E-state index contributed by atoms with van der Waals surface area (Å²) in [6, 6.07) is 9.94. The van der Waals surface area contributed by atoms with Gasteiger partial charge in [0.25, 0.3) is 0 Å². The zero-order valence-corrected chi connectivity index (χ0v) is 11.1. The SMILES string of the molecule is N#Cc1cccc(C2=CSCN2CCBr)c1. The number of nitrogens with zero attached hydrogens (tertiary/aromatic N) is 2. The van der Waals surface area contributed by atoms with Crippen molar-refractivity contribution in [1.82, 2.24) is 4.90 Å². The van der Waals surface area contributed by atoms with Crippen molar-refractivity contribution in [3.8, 4) is 6.07 Å². The second kappa shape index (κ2) is 5.42. The van der Waals surface area contributed by atoms with Crippen LogP contribution in [0.2, 0.25) is 0 Å². The lowest BCUT2D eigenvalue weighted by Crippen LogP contribution is -2.20. The molecule has 16 heavy (non-hydrogen) atoms. The molecular weight excluding hydrogens is 284 g/mol. The summed E-state index contributed by atoms with van der Waals surface area (Å²) in [5, 5.41) is 12.0. The lowest BCUT2D eigenvalue weighted by atomic mass is 10.1. The van der Waals surface area contributed by atoms with E-state index < -0.39 is 0 Å². The van der Waals surface area contributed by atoms with Gasteiger partial charge in [-0.25, -0.2) is 0 Å². The van der Waals surface area contributed by atoms with Crippen molar-refractivity contribution in [2.24, 2.45) is 0 Å². The molecule has 1 aromatic carbocycles. The zero-order valence-electron chi connectivity index (χ0n) is 8.69. The number of benzene rings is 1. The van der Waals surface area contributed by atoms with Gasteiger partial charge in [0.15, 0.2) is 0 Å². The second-order valence-electron chi connectivity index (χ2n) is 3.44. The Balaban J connectivity index is 2.26. The van der Waals surface area contributed by atoms with E-state index in [-0.39, 0.29) is 0 Å². The topological polar surface area (TPSA) is 27.0 Å². The van der Waals surface area contributed by atoms with E-state index >= 15 is 0 Å².